The van der Waals surface area contributed by atoms with Gasteiger partial charge in [0.2, 0.25) is 0 Å². The van der Waals surface area contributed by atoms with Crippen LogP contribution in [0.15, 0.2) is 18.2 Å². The number of nitrogens with zero attached hydrogens (tertiary/aromatic N) is 1. The molecule has 102 valence electrons. The molecule has 18 heavy (non-hydrogen) atoms. The molecular formula is C13H21NO4. The number of phenolic OH excluding ortho intramolecular Hbond substituents is 2. The Morgan fingerprint density at radius 1 is 1.28 bits per heavy atom. The maximum atomic E-state index is 10.00. The van der Waals surface area contributed by atoms with Crippen molar-refractivity contribution in [3.8, 4) is 11.5 Å². The van der Waals surface area contributed by atoms with Gasteiger partial charge in [-0.3, -0.25) is 0 Å². The van der Waals surface area contributed by atoms with Gasteiger partial charge in [0.25, 0.3) is 0 Å². The molecule has 5 nitrogen and oxygen atoms in total. The first-order valence-electron chi connectivity index (χ1n) is 5.92. The van der Waals surface area contributed by atoms with Crippen molar-refractivity contribution in [3.05, 3.63) is 23.8 Å². The highest BCUT2D eigenvalue weighted by atomic mass is 16.5. The fourth-order valence-electron chi connectivity index (χ4n) is 1.72. The normalized spacial score (nSPS) is 12.9. The van der Waals surface area contributed by atoms with Crippen LogP contribution in [0.1, 0.15) is 18.1 Å². The second-order valence-electron chi connectivity index (χ2n) is 4.37. The summed E-state index contributed by atoms with van der Waals surface area (Å²) in [6, 6.07) is 4.35. The van der Waals surface area contributed by atoms with Crippen LogP contribution in [-0.4, -0.2) is 54.1 Å². The predicted octanol–water partition coefficient (Wildman–Crippen LogP) is 1.10. The van der Waals surface area contributed by atoms with Crippen molar-refractivity contribution in [1.29, 1.82) is 0 Å². The third-order valence-corrected chi connectivity index (χ3v) is 2.76. The van der Waals surface area contributed by atoms with E-state index in [0.717, 1.165) is 13.0 Å². The van der Waals surface area contributed by atoms with E-state index in [0.29, 0.717) is 18.7 Å². The molecule has 0 bridgehead atoms. The van der Waals surface area contributed by atoms with Gasteiger partial charge < -0.3 is 25.0 Å². The molecule has 0 amide bonds. The predicted molar refractivity (Wildman–Crippen MR) is 68.7 cm³/mol. The van der Waals surface area contributed by atoms with E-state index in [1.165, 1.54) is 12.1 Å². The van der Waals surface area contributed by atoms with E-state index in [9.17, 15) is 15.3 Å². The molecule has 0 unspecified atom stereocenters. The quantitative estimate of drug-likeness (QED) is 0.502. The highest BCUT2D eigenvalue weighted by molar-refractivity contribution is 5.41. The first kappa shape index (κ1) is 14.8. The minimum atomic E-state index is -0.691. The number of aliphatic hydroxyl groups excluding tert-OH is 1. The summed E-state index contributed by atoms with van der Waals surface area (Å²) < 4.78 is 4.96. The van der Waals surface area contributed by atoms with Crippen molar-refractivity contribution < 1.29 is 20.1 Å². The summed E-state index contributed by atoms with van der Waals surface area (Å²) >= 11 is 0. The summed E-state index contributed by atoms with van der Waals surface area (Å²) in [5.74, 6) is -0.395. The molecule has 1 rings (SSSR count). The maximum absolute atomic E-state index is 10.00. The lowest BCUT2D eigenvalue weighted by molar-refractivity contribution is 0.117. The summed E-state index contributed by atoms with van der Waals surface area (Å²) in [6.07, 6.45) is 0.213. The minimum absolute atomic E-state index is 0.181. The summed E-state index contributed by atoms with van der Waals surface area (Å²) in [6.45, 7) is 1.99. The number of hydrogen-bond acceptors (Lipinski definition) is 5. The first-order valence-corrected chi connectivity index (χ1v) is 5.92. The lowest BCUT2D eigenvalue weighted by Crippen LogP contribution is -2.26. The summed E-state index contributed by atoms with van der Waals surface area (Å²) in [4.78, 5) is 1.99. The van der Waals surface area contributed by atoms with Crippen LogP contribution in [0.2, 0.25) is 0 Å². The van der Waals surface area contributed by atoms with E-state index in [1.54, 1.807) is 13.2 Å². The largest absolute Gasteiger partial charge is 0.504 e. The molecule has 0 fully saturated rings. The number of aromatic hydroxyl groups is 2. The van der Waals surface area contributed by atoms with Gasteiger partial charge in [0.15, 0.2) is 11.5 Å². The Balaban J connectivity index is 2.48. The molecule has 1 atom stereocenters. The molecule has 0 saturated heterocycles. The van der Waals surface area contributed by atoms with Gasteiger partial charge in [-0.05, 0) is 31.2 Å². The van der Waals surface area contributed by atoms with Gasteiger partial charge in [-0.25, -0.2) is 0 Å². The second kappa shape index (κ2) is 7.20. The van der Waals surface area contributed by atoms with Gasteiger partial charge in [0.1, 0.15) is 0 Å². The van der Waals surface area contributed by atoms with Crippen LogP contribution in [0.4, 0.5) is 0 Å². The summed E-state index contributed by atoms with van der Waals surface area (Å²) in [7, 11) is 3.58. The molecule has 1 aromatic rings. The van der Waals surface area contributed by atoms with Crippen molar-refractivity contribution in [3.63, 3.8) is 0 Å². The van der Waals surface area contributed by atoms with Crippen LogP contribution in [-0.2, 0) is 4.74 Å². The highest BCUT2D eigenvalue weighted by Gasteiger charge is 2.12. The molecule has 0 aliphatic rings. The number of hydrogen-bond donors (Lipinski definition) is 3. The Labute approximate surface area is 107 Å². The number of aliphatic hydroxyl groups is 1. The SMILES string of the molecule is COCCCN(C)C[C@H](O)c1ccc(O)c(O)c1. The lowest BCUT2D eigenvalue weighted by atomic mass is 10.1. The second-order valence-corrected chi connectivity index (χ2v) is 4.37. The molecule has 0 aromatic heterocycles. The van der Waals surface area contributed by atoms with Crippen LogP contribution in [0.5, 0.6) is 11.5 Å². The molecule has 0 aliphatic heterocycles. The summed E-state index contributed by atoms with van der Waals surface area (Å²) in [5, 5.41) is 28.6. The zero-order valence-electron chi connectivity index (χ0n) is 10.8. The fraction of sp³-hybridized carbons (Fsp3) is 0.538. The highest BCUT2D eigenvalue weighted by Crippen LogP contribution is 2.27. The Morgan fingerprint density at radius 2 is 2.00 bits per heavy atom. The number of benzene rings is 1. The topological polar surface area (TPSA) is 73.2 Å². The molecule has 0 radical (unpaired) electrons. The van der Waals surface area contributed by atoms with Gasteiger partial charge in [-0.2, -0.15) is 0 Å². The van der Waals surface area contributed by atoms with Gasteiger partial charge in [0.05, 0.1) is 6.10 Å². The fourth-order valence-corrected chi connectivity index (χ4v) is 1.72. The number of phenols is 2. The molecule has 0 spiro atoms. The van der Waals surface area contributed by atoms with Crippen LogP contribution < -0.4 is 0 Å². The molecular weight excluding hydrogens is 234 g/mol. The van der Waals surface area contributed by atoms with Crippen LogP contribution in [0.25, 0.3) is 0 Å². The van der Waals surface area contributed by atoms with Crippen molar-refractivity contribution in [2.75, 3.05) is 33.9 Å². The molecule has 0 aliphatic carbocycles. The monoisotopic (exact) mass is 255 g/mol. The van der Waals surface area contributed by atoms with Gasteiger partial charge in [-0.15, -0.1) is 0 Å². The van der Waals surface area contributed by atoms with E-state index < -0.39 is 6.10 Å². The number of methoxy groups -OCH3 is 1. The number of likely N-dealkylation sites (N-methyl/N-ethyl adjacent to an activating group) is 1. The third-order valence-electron chi connectivity index (χ3n) is 2.76. The molecule has 3 N–H and O–H groups in total. The van der Waals surface area contributed by atoms with E-state index in [1.807, 2.05) is 11.9 Å². The average Bonchev–Trinajstić information content (AvgIpc) is 2.33. The van der Waals surface area contributed by atoms with Crippen LogP contribution >= 0.6 is 0 Å². The summed E-state index contributed by atoms with van der Waals surface area (Å²) in [5.41, 5.74) is 0.587. The van der Waals surface area contributed by atoms with E-state index in [2.05, 4.69) is 0 Å². The van der Waals surface area contributed by atoms with Crippen molar-refractivity contribution in [2.45, 2.75) is 12.5 Å². The molecule has 0 saturated carbocycles. The van der Waals surface area contributed by atoms with Crippen molar-refractivity contribution in [1.82, 2.24) is 4.90 Å². The van der Waals surface area contributed by atoms with Gasteiger partial charge in [-0.1, -0.05) is 6.07 Å². The Morgan fingerprint density at radius 3 is 2.61 bits per heavy atom. The smallest absolute Gasteiger partial charge is 0.157 e. The first-order chi connectivity index (χ1) is 8.54. The average molecular weight is 255 g/mol. The Bertz CT molecular complexity index is 370. The molecule has 5 heteroatoms. The Hall–Kier alpha value is -1.30. The van der Waals surface area contributed by atoms with E-state index in [-0.39, 0.29) is 11.5 Å². The van der Waals surface area contributed by atoms with Crippen molar-refractivity contribution >= 4 is 0 Å². The molecule has 0 heterocycles. The lowest BCUT2D eigenvalue weighted by Gasteiger charge is -2.20. The number of rotatable bonds is 7. The number of ether oxygens (including phenoxy) is 1. The zero-order chi connectivity index (χ0) is 13.5. The van der Waals surface area contributed by atoms with Gasteiger partial charge in [0, 0.05) is 26.8 Å². The third kappa shape index (κ3) is 4.52. The van der Waals surface area contributed by atoms with Crippen LogP contribution in [0, 0.1) is 0 Å². The minimum Gasteiger partial charge on any atom is -0.504 e. The molecule has 1 aromatic carbocycles. The maximum Gasteiger partial charge on any atom is 0.157 e. The van der Waals surface area contributed by atoms with Crippen molar-refractivity contribution in [2.24, 2.45) is 0 Å². The Kier molecular flexibility index (Phi) is 5.91. The van der Waals surface area contributed by atoms with Crippen LogP contribution in [0.3, 0.4) is 0 Å². The standard InChI is InChI=1S/C13H21NO4/c1-14(6-3-7-18-2)9-13(17)10-4-5-11(15)12(16)8-10/h4-5,8,13,15-17H,3,6-7,9H2,1-2H3/t13-/m0/s1. The zero-order valence-corrected chi connectivity index (χ0v) is 10.8. The van der Waals surface area contributed by atoms with Gasteiger partial charge >= 0.3 is 0 Å². The van der Waals surface area contributed by atoms with E-state index >= 15 is 0 Å². The van der Waals surface area contributed by atoms with E-state index in [4.69, 9.17) is 4.74 Å².